The van der Waals surface area contributed by atoms with Crippen molar-refractivity contribution in [2.45, 2.75) is 27.2 Å². The molecule has 0 saturated heterocycles. The average Bonchev–Trinajstić information content (AvgIpc) is 2.43. The molecular weight excluding hydrogens is 228 g/mol. The number of carbonyl (C=O) groups is 1. The first-order valence-corrected chi connectivity index (χ1v) is 6.34. The number of hydrogen-bond donors (Lipinski definition) is 2. The highest BCUT2D eigenvalue weighted by atomic mass is 16.2. The number of aromatic nitrogens is 1. The number of hydrogen-bond acceptors (Lipinski definition) is 4. The summed E-state index contributed by atoms with van der Waals surface area (Å²) in [7, 11) is 0. The predicted octanol–water partition coefficient (Wildman–Crippen LogP) is 1.88. The lowest BCUT2D eigenvalue weighted by Crippen LogP contribution is -2.35. The Kier molecular flexibility index (Phi) is 5.58. The normalized spacial score (nSPS) is 12.0. The van der Waals surface area contributed by atoms with E-state index in [1.54, 1.807) is 18.3 Å². The SMILES string of the molecule is CCC(C)CN(CC)C(=O)c1ccc(NN)cn1. The monoisotopic (exact) mass is 250 g/mol. The number of rotatable bonds is 6. The summed E-state index contributed by atoms with van der Waals surface area (Å²) in [5.74, 6) is 5.73. The van der Waals surface area contributed by atoms with E-state index in [1.807, 2.05) is 11.8 Å². The number of nitrogens with zero attached hydrogens (tertiary/aromatic N) is 2. The number of nitrogens with two attached hydrogens (primary N) is 1. The number of amides is 1. The van der Waals surface area contributed by atoms with Gasteiger partial charge in [-0.3, -0.25) is 10.6 Å². The van der Waals surface area contributed by atoms with Gasteiger partial charge in [-0.05, 0) is 25.0 Å². The largest absolute Gasteiger partial charge is 0.337 e. The average molecular weight is 250 g/mol. The molecule has 18 heavy (non-hydrogen) atoms. The van der Waals surface area contributed by atoms with Crippen LogP contribution in [0.4, 0.5) is 5.69 Å². The summed E-state index contributed by atoms with van der Waals surface area (Å²) < 4.78 is 0. The van der Waals surface area contributed by atoms with E-state index in [1.165, 1.54) is 0 Å². The minimum absolute atomic E-state index is 0.0265. The first kappa shape index (κ1) is 14.4. The Hall–Kier alpha value is -1.62. The molecule has 1 amide bonds. The van der Waals surface area contributed by atoms with Crippen LogP contribution in [0.15, 0.2) is 18.3 Å². The van der Waals surface area contributed by atoms with Crippen molar-refractivity contribution in [3.8, 4) is 0 Å². The van der Waals surface area contributed by atoms with Gasteiger partial charge in [-0.15, -0.1) is 0 Å². The smallest absolute Gasteiger partial charge is 0.272 e. The van der Waals surface area contributed by atoms with Gasteiger partial charge < -0.3 is 10.3 Å². The van der Waals surface area contributed by atoms with Crippen LogP contribution in [0.2, 0.25) is 0 Å². The number of nitrogens with one attached hydrogen (secondary N) is 1. The highest BCUT2D eigenvalue weighted by Gasteiger charge is 2.17. The van der Waals surface area contributed by atoms with Crippen molar-refractivity contribution >= 4 is 11.6 Å². The molecule has 0 fully saturated rings. The van der Waals surface area contributed by atoms with E-state index >= 15 is 0 Å². The molecule has 5 heteroatoms. The van der Waals surface area contributed by atoms with Gasteiger partial charge >= 0.3 is 0 Å². The van der Waals surface area contributed by atoms with Crippen LogP contribution in [0.3, 0.4) is 0 Å². The zero-order valence-corrected chi connectivity index (χ0v) is 11.3. The van der Waals surface area contributed by atoms with E-state index in [0.717, 1.165) is 13.0 Å². The summed E-state index contributed by atoms with van der Waals surface area (Å²) in [6, 6.07) is 3.44. The van der Waals surface area contributed by atoms with Gasteiger partial charge in [-0.1, -0.05) is 20.3 Å². The molecule has 1 aromatic rings. The number of pyridine rings is 1. The van der Waals surface area contributed by atoms with Gasteiger partial charge in [0, 0.05) is 13.1 Å². The third kappa shape index (κ3) is 3.70. The van der Waals surface area contributed by atoms with Crippen molar-refractivity contribution in [2.24, 2.45) is 11.8 Å². The molecule has 0 aromatic carbocycles. The minimum Gasteiger partial charge on any atom is -0.337 e. The lowest BCUT2D eigenvalue weighted by atomic mass is 10.1. The van der Waals surface area contributed by atoms with Gasteiger partial charge in [0.15, 0.2) is 0 Å². The Morgan fingerprint density at radius 2 is 2.22 bits per heavy atom. The number of nitrogen functional groups attached to an aromatic ring is 1. The third-order valence-electron chi connectivity index (χ3n) is 3.05. The summed E-state index contributed by atoms with van der Waals surface area (Å²) >= 11 is 0. The van der Waals surface area contributed by atoms with Gasteiger partial charge in [0.1, 0.15) is 5.69 Å². The molecule has 0 radical (unpaired) electrons. The van der Waals surface area contributed by atoms with Crippen LogP contribution in [0.1, 0.15) is 37.7 Å². The van der Waals surface area contributed by atoms with E-state index in [9.17, 15) is 4.79 Å². The standard InChI is InChI=1S/C13H22N4O/c1-4-10(3)9-17(5-2)13(18)12-7-6-11(16-14)8-15-12/h6-8,10,16H,4-5,9,14H2,1-3H3. The topological polar surface area (TPSA) is 71.2 Å². The lowest BCUT2D eigenvalue weighted by Gasteiger charge is -2.23. The third-order valence-corrected chi connectivity index (χ3v) is 3.05. The molecule has 1 unspecified atom stereocenters. The molecule has 3 N–H and O–H groups in total. The highest BCUT2D eigenvalue weighted by Crippen LogP contribution is 2.10. The van der Waals surface area contributed by atoms with Gasteiger partial charge in [-0.25, -0.2) is 4.98 Å². The molecule has 0 bridgehead atoms. The van der Waals surface area contributed by atoms with Crippen LogP contribution >= 0.6 is 0 Å². The Morgan fingerprint density at radius 3 is 2.67 bits per heavy atom. The van der Waals surface area contributed by atoms with Gasteiger partial charge in [-0.2, -0.15) is 0 Å². The van der Waals surface area contributed by atoms with Gasteiger partial charge in [0.25, 0.3) is 5.91 Å². The van der Waals surface area contributed by atoms with E-state index < -0.39 is 0 Å². The summed E-state index contributed by atoms with van der Waals surface area (Å²) in [6.07, 6.45) is 2.62. The van der Waals surface area contributed by atoms with E-state index in [-0.39, 0.29) is 5.91 Å². The van der Waals surface area contributed by atoms with Crippen LogP contribution in [-0.2, 0) is 0 Å². The second-order valence-electron chi connectivity index (χ2n) is 4.43. The molecular formula is C13H22N4O. The fourth-order valence-corrected chi connectivity index (χ4v) is 1.63. The number of carbonyl (C=O) groups excluding carboxylic acids is 1. The van der Waals surface area contributed by atoms with Gasteiger partial charge in [0.05, 0.1) is 11.9 Å². The Morgan fingerprint density at radius 1 is 1.50 bits per heavy atom. The quantitative estimate of drug-likeness (QED) is 0.597. The molecule has 0 aliphatic rings. The summed E-state index contributed by atoms with van der Waals surface area (Å²) in [6.45, 7) is 7.72. The Bertz CT molecular complexity index is 377. The van der Waals surface area contributed by atoms with E-state index in [0.29, 0.717) is 23.8 Å². The zero-order chi connectivity index (χ0) is 13.5. The van der Waals surface area contributed by atoms with Crippen LogP contribution < -0.4 is 11.3 Å². The maximum Gasteiger partial charge on any atom is 0.272 e. The molecule has 0 spiro atoms. The highest BCUT2D eigenvalue weighted by molar-refractivity contribution is 5.92. The van der Waals surface area contributed by atoms with Crippen LogP contribution in [0.5, 0.6) is 0 Å². The summed E-state index contributed by atoms with van der Waals surface area (Å²) in [4.78, 5) is 18.2. The maximum atomic E-state index is 12.2. The van der Waals surface area contributed by atoms with E-state index in [4.69, 9.17) is 5.84 Å². The second kappa shape index (κ2) is 6.96. The fraction of sp³-hybridized carbons (Fsp3) is 0.538. The van der Waals surface area contributed by atoms with Crippen molar-refractivity contribution in [3.05, 3.63) is 24.0 Å². The fourth-order valence-electron chi connectivity index (χ4n) is 1.63. The first-order chi connectivity index (χ1) is 8.62. The zero-order valence-electron chi connectivity index (χ0n) is 11.3. The van der Waals surface area contributed by atoms with Crippen molar-refractivity contribution in [1.82, 2.24) is 9.88 Å². The molecule has 0 saturated carbocycles. The van der Waals surface area contributed by atoms with Crippen LogP contribution in [-0.4, -0.2) is 28.9 Å². The molecule has 0 aliphatic heterocycles. The Balaban J connectivity index is 2.76. The lowest BCUT2D eigenvalue weighted by molar-refractivity contribution is 0.0735. The first-order valence-electron chi connectivity index (χ1n) is 6.34. The van der Waals surface area contributed by atoms with Gasteiger partial charge in [0.2, 0.25) is 0 Å². The van der Waals surface area contributed by atoms with Crippen LogP contribution in [0, 0.1) is 5.92 Å². The summed E-state index contributed by atoms with van der Waals surface area (Å²) in [5, 5.41) is 0. The predicted molar refractivity (Wildman–Crippen MR) is 73.1 cm³/mol. The molecule has 0 aliphatic carbocycles. The maximum absolute atomic E-state index is 12.2. The molecule has 5 nitrogen and oxygen atoms in total. The molecule has 100 valence electrons. The van der Waals surface area contributed by atoms with Crippen molar-refractivity contribution in [2.75, 3.05) is 18.5 Å². The Labute approximate surface area is 108 Å². The van der Waals surface area contributed by atoms with E-state index in [2.05, 4.69) is 24.3 Å². The molecule has 1 heterocycles. The van der Waals surface area contributed by atoms with Crippen LogP contribution in [0.25, 0.3) is 0 Å². The summed E-state index contributed by atoms with van der Waals surface area (Å²) in [5.41, 5.74) is 3.64. The van der Waals surface area contributed by atoms with Crippen molar-refractivity contribution in [3.63, 3.8) is 0 Å². The second-order valence-corrected chi connectivity index (χ2v) is 4.43. The molecule has 1 atom stereocenters. The minimum atomic E-state index is -0.0265. The number of hydrazine groups is 1. The van der Waals surface area contributed by atoms with Crippen molar-refractivity contribution in [1.29, 1.82) is 0 Å². The van der Waals surface area contributed by atoms with Crippen molar-refractivity contribution < 1.29 is 4.79 Å². The molecule has 1 rings (SSSR count). The number of anilines is 1. The molecule has 1 aromatic heterocycles.